The average molecular weight is 826 g/mol. The minimum Gasteiger partial charge on any atom is -0.493 e. The quantitative estimate of drug-likeness (QED) is 0.0325. The number of benzene rings is 2. The first-order valence-electron chi connectivity index (χ1n) is 23.7. The summed E-state index contributed by atoms with van der Waals surface area (Å²) in [6, 6.07) is 10.1. The molecular formula is C54H90N2Ni. The summed E-state index contributed by atoms with van der Waals surface area (Å²) in [5.41, 5.74) is 29.6. The predicted molar refractivity (Wildman–Crippen MR) is 252 cm³/mol. The van der Waals surface area contributed by atoms with Crippen molar-refractivity contribution in [1.29, 1.82) is 0 Å². The van der Waals surface area contributed by atoms with Gasteiger partial charge in [0.1, 0.15) is 0 Å². The van der Waals surface area contributed by atoms with Crippen LogP contribution in [0.15, 0.2) is 35.4 Å². The number of allylic oxidation sites excluding steroid dienone is 2. The van der Waals surface area contributed by atoms with E-state index in [1.54, 1.807) is 15.8 Å². The zero-order valence-corrected chi connectivity index (χ0v) is 40.3. The predicted octanol–water partition coefficient (Wildman–Crippen LogP) is 17.8. The first kappa shape index (κ1) is 55.0. The van der Waals surface area contributed by atoms with Crippen LogP contribution in [0.4, 0.5) is 0 Å². The fourth-order valence-corrected chi connectivity index (χ4v) is 9.13. The van der Waals surface area contributed by atoms with Gasteiger partial charge in [0.2, 0.25) is 11.4 Å². The van der Waals surface area contributed by atoms with Gasteiger partial charge in [-0.05, 0) is 148 Å². The molecule has 1 aliphatic rings. The van der Waals surface area contributed by atoms with Crippen LogP contribution in [0.25, 0.3) is 16.9 Å². The minimum atomic E-state index is 0. The fraction of sp³-hybridized carbons (Fsp3) is 0.667. The Morgan fingerprint density at radius 3 is 0.860 bits per heavy atom. The Hall–Kier alpha value is -1.99. The van der Waals surface area contributed by atoms with E-state index in [1.807, 2.05) is 0 Å². The second kappa shape index (κ2) is 31.9. The zero-order chi connectivity index (χ0) is 39.1. The molecule has 0 radical (unpaired) electrons. The van der Waals surface area contributed by atoms with Crippen LogP contribution in [0.2, 0.25) is 0 Å². The van der Waals surface area contributed by atoms with E-state index in [0.717, 1.165) is 88.4 Å². The second-order valence-electron chi connectivity index (χ2n) is 16.7. The topological polar surface area (TPSA) is 25.3 Å². The third-order valence-electron chi connectivity index (χ3n) is 12.2. The Labute approximate surface area is 366 Å². The van der Waals surface area contributed by atoms with Crippen molar-refractivity contribution in [3.63, 3.8) is 0 Å². The summed E-state index contributed by atoms with van der Waals surface area (Å²) < 4.78 is 1.71. The van der Waals surface area contributed by atoms with E-state index in [9.17, 15) is 5.53 Å². The molecule has 3 rings (SSSR count). The SMILES string of the molecule is CCCCCCc1cc(C2=C(CCCC)C(CCCC)=C(c3cc(CCCCCC)c(CC)c(CCCCCC)c3)[N+]2=[N-])cc(CCCCCC)c1CC.[CH3-].[CH3-].[Ni+2]. The molecule has 0 amide bonds. The van der Waals surface area contributed by atoms with E-state index >= 15 is 0 Å². The van der Waals surface area contributed by atoms with Gasteiger partial charge in [-0.15, -0.1) is 0 Å². The third kappa shape index (κ3) is 16.5. The third-order valence-corrected chi connectivity index (χ3v) is 12.2. The van der Waals surface area contributed by atoms with Gasteiger partial charge >= 0.3 is 16.5 Å². The number of nitrogens with zero attached hydrogens (tertiary/aromatic N) is 2. The van der Waals surface area contributed by atoms with Gasteiger partial charge in [0.05, 0.1) is 0 Å². The molecule has 0 spiro atoms. The molecule has 2 nitrogen and oxygen atoms in total. The Morgan fingerprint density at radius 2 is 0.632 bits per heavy atom. The van der Waals surface area contributed by atoms with Gasteiger partial charge < -0.3 is 20.4 Å². The normalized spacial score (nSPS) is 12.6. The van der Waals surface area contributed by atoms with Crippen molar-refractivity contribution in [2.24, 2.45) is 0 Å². The number of hydrogen-bond acceptors (Lipinski definition) is 0. The molecular weight excluding hydrogens is 735 g/mol. The van der Waals surface area contributed by atoms with Crippen LogP contribution in [0.5, 0.6) is 0 Å². The minimum absolute atomic E-state index is 0. The van der Waals surface area contributed by atoms with Crippen molar-refractivity contribution in [3.8, 4) is 0 Å². The number of rotatable bonds is 30. The molecule has 0 aliphatic carbocycles. The van der Waals surface area contributed by atoms with Crippen molar-refractivity contribution in [2.45, 2.75) is 235 Å². The molecule has 0 aromatic heterocycles. The van der Waals surface area contributed by atoms with Gasteiger partial charge in [-0.25, -0.2) is 4.70 Å². The molecule has 1 heterocycles. The molecule has 0 saturated carbocycles. The standard InChI is InChI=1S/C52H84N2.2CH3.Ni/c1-9-17-23-27-31-41-37-45(38-42(47(41)15-7)32-28-24-18-10-2)51-49(35-21-13-5)50(36-22-14-6)52(54(51)53)46-39-43(33-29-25-19-11-3)48(16-8)44(40-46)34-30-26-20-12-4;;;/h37-40H,9-36H2,1-8H3;2*1H3;/q;2*-1;+2. The van der Waals surface area contributed by atoms with Crippen LogP contribution in [0, 0.1) is 14.9 Å². The van der Waals surface area contributed by atoms with Crippen LogP contribution in [-0.4, -0.2) is 4.70 Å². The Morgan fingerprint density at radius 1 is 0.368 bits per heavy atom. The first-order chi connectivity index (χ1) is 26.4. The molecule has 57 heavy (non-hydrogen) atoms. The van der Waals surface area contributed by atoms with Crippen molar-refractivity contribution in [2.75, 3.05) is 0 Å². The van der Waals surface area contributed by atoms with Crippen LogP contribution in [-0.2, 0) is 55.0 Å². The first-order valence-corrected chi connectivity index (χ1v) is 23.7. The van der Waals surface area contributed by atoms with E-state index < -0.39 is 0 Å². The summed E-state index contributed by atoms with van der Waals surface area (Å²) in [6.45, 7) is 18.6. The molecule has 0 N–H and O–H groups in total. The summed E-state index contributed by atoms with van der Waals surface area (Å²) in [5.74, 6) is 0. The van der Waals surface area contributed by atoms with E-state index in [-0.39, 0.29) is 31.3 Å². The van der Waals surface area contributed by atoms with Crippen molar-refractivity contribution in [1.82, 2.24) is 0 Å². The zero-order valence-electron chi connectivity index (χ0n) is 39.3. The summed E-state index contributed by atoms with van der Waals surface area (Å²) in [7, 11) is 0. The van der Waals surface area contributed by atoms with Gasteiger partial charge in [-0.2, -0.15) is 0 Å². The number of aryl methyl sites for hydroxylation is 4. The summed E-state index contributed by atoms with van der Waals surface area (Å²) >= 11 is 0. The Bertz CT molecular complexity index is 1300. The fourth-order valence-electron chi connectivity index (χ4n) is 9.13. The van der Waals surface area contributed by atoms with Gasteiger partial charge in [0.15, 0.2) is 0 Å². The number of unbranched alkanes of at least 4 members (excludes halogenated alkanes) is 14. The molecule has 2 aromatic rings. The molecule has 0 fully saturated rings. The van der Waals surface area contributed by atoms with Crippen molar-refractivity contribution < 1.29 is 21.2 Å². The van der Waals surface area contributed by atoms with E-state index in [4.69, 9.17) is 0 Å². The molecule has 0 unspecified atom stereocenters. The second-order valence-corrected chi connectivity index (χ2v) is 16.7. The van der Waals surface area contributed by atoms with Crippen LogP contribution in [0.1, 0.15) is 241 Å². The van der Waals surface area contributed by atoms with Crippen LogP contribution < -0.4 is 0 Å². The van der Waals surface area contributed by atoms with E-state index in [2.05, 4.69) is 79.7 Å². The van der Waals surface area contributed by atoms with Crippen molar-refractivity contribution in [3.05, 3.63) is 100 Å². The summed E-state index contributed by atoms with van der Waals surface area (Å²) in [6.07, 6.45) is 34.0. The maximum absolute atomic E-state index is 12.8. The van der Waals surface area contributed by atoms with Crippen molar-refractivity contribution >= 4 is 11.4 Å². The van der Waals surface area contributed by atoms with Gasteiger partial charge in [0, 0.05) is 22.3 Å². The molecule has 1 aliphatic heterocycles. The Balaban J connectivity index is 0.0000105. The Kier molecular flexibility index (Phi) is 30.8. The maximum Gasteiger partial charge on any atom is 2.00 e. The van der Waals surface area contributed by atoms with Gasteiger partial charge in [-0.1, -0.05) is 145 Å². The monoisotopic (exact) mass is 825 g/mol. The number of hydrogen-bond donors (Lipinski definition) is 0. The maximum atomic E-state index is 12.8. The molecule has 2 aromatic carbocycles. The summed E-state index contributed by atoms with van der Waals surface area (Å²) in [5, 5.41) is 0. The molecule has 326 valence electrons. The smallest absolute Gasteiger partial charge is 0.493 e. The van der Waals surface area contributed by atoms with Crippen LogP contribution in [0.3, 0.4) is 0 Å². The largest absolute Gasteiger partial charge is 2.00 e. The van der Waals surface area contributed by atoms with E-state index in [1.165, 1.54) is 147 Å². The molecule has 0 atom stereocenters. The van der Waals surface area contributed by atoms with Crippen LogP contribution >= 0.6 is 0 Å². The van der Waals surface area contributed by atoms with Gasteiger partial charge in [-0.3, -0.25) is 0 Å². The average Bonchev–Trinajstić information content (AvgIpc) is 3.46. The van der Waals surface area contributed by atoms with E-state index in [0.29, 0.717) is 0 Å². The summed E-state index contributed by atoms with van der Waals surface area (Å²) in [4.78, 5) is 0. The molecule has 3 heteroatoms. The van der Waals surface area contributed by atoms with Gasteiger partial charge in [0.25, 0.3) is 0 Å². The molecule has 0 bridgehead atoms. The molecule has 0 saturated heterocycles.